The van der Waals surface area contributed by atoms with Gasteiger partial charge in [0.15, 0.2) is 6.04 Å². The number of nitrogens with zero attached hydrogens (tertiary/aromatic N) is 2. The van der Waals surface area contributed by atoms with Gasteiger partial charge in [0, 0.05) is 13.0 Å². The second-order valence-corrected chi connectivity index (χ2v) is 3.77. The number of nitriles is 1. The fraction of sp³-hybridized carbons (Fsp3) is 0.455. The normalized spacial score (nSPS) is 16.8. The van der Waals surface area contributed by atoms with Crippen LogP contribution in [-0.2, 0) is 4.79 Å². The number of amides is 1. The molecule has 1 heterocycles. The average molecular weight is 204 g/mol. The summed E-state index contributed by atoms with van der Waals surface area (Å²) >= 11 is 0. The van der Waals surface area contributed by atoms with Crippen molar-refractivity contribution in [3.8, 4) is 6.07 Å². The predicted octanol–water partition coefficient (Wildman–Crippen LogP) is 1.71. The molecule has 1 aliphatic rings. The Hall–Kier alpha value is -1.76. The molecular formula is C11H12N2O2. The van der Waals surface area contributed by atoms with Gasteiger partial charge in [-0.15, -0.1) is 0 Å². The average Bonchev–Trinajstić information content (AvgIpc) is 2.96. The first kappa shape index (κ1) is 9.78. The van der Waals surface area contributed by atoms with Crippen molar-refractivity contribution in [1.82, 2.24) is 4.90 Å². The molecule has 1 aromatic rings. The Morgan fingerprint density at radius 3 is 2.93 bits per heavy atom. The highest BCUT2D eigenvalue weighted by atomic mass is 16.3. The van der Waals surface area contributed by atoms with Gasteiger partial charge in [0.05, 0.1) is 12.3 Å². The molecular weight excluding hydrogens is 192 g/mol. The van der Waals surface area contributed by atoms with Crippen LogP contribution < -0.4 is 0 Å². The van der Waals surface area contributed by atoms with E-state index in [4.69, 9.17) is 9.68 Å². The van der Waals surface area contributed by atoms with Crippen LogP contribution in [0.15, 0.2) is 22.8 Å². The van der Waals surface area contributed by atoms with E-state index < -0.39 is 6.04 Å². The molecule has 1 saturated carbocycles. The Morgan fingerprint density at radius 1 is 1.73 bits per heavy atom. The van der Waals surface area contributed by atoms with Crippen molar-refractivity contribution in [3.05, 3.63) is 24.2 Å². The molecule has 0 aliphatic heterocycles. The maximum absolute atomic E-state index is 11.7. The van der Waals surface area contributed by atoms with Crippen molar-refractivity contribution >= 4 is 5.91 Å². The number of carbonyl (C=O) groups excluding carboxylic acids is 1. The highest BCUT2D eigenvalue weighted by Gasteiger charge is 2.35. The van der Waals surface area contributed by atoms with Gasteiger partial charge in [-0.2, -0.15) is 5.26 Å². The smallest absolute Gasteiger partial charge is 0.226 e. The van der Waals surface area contributed by atoms with E-state index in [-0.39, 0.29) is 11.8 Å². The quantitative estimate of drug-likeness (QED) is 0.753. The Labute approximate surface area is 88.1 Å². The van der Waals surface area contributed by atoms with Gasteiger partial charge in [0.2, 0.25) is 5.91 Å². The molecule has 1 amide bonds. The zero-order valence-electron chi connectivity index (χ0n) is 8.51. The molecule has 0 bridgehead atoms. The predicted molar refractivity (Wildman–Crippen MR) is 52.6 cm³/mol. The lowest BCUT2D eigenvalue weighted by atomic mass is 10.2. The molecule has 0 spiro atoms. The summed E-state index contributed by atoms with van der Waals surface area (Å²) in [4.78, 5) is 13.2. The Balaban J connectivity index is 2.13. The van der Waals surface area contributed by atoms with Gasteiger partial charge in [0.25, 0.3) is 0 Å². The summed E-state index contributed by atoms with van der Waals surface area (Å²) in [5.74, 6) is 0.688. The summed E-state index contributed by atoms with van der Waals surface area (Å²) in [5.41, 5.74) is 0. The summed E-state index contributed by atoms with van der Waals surface area (Å²) < 4.78 is 5.14. The molecule has 0 saturated heterocycles. The van der Waals surface area contributed by atoms with Crippen LogP contribution in [0.25, 0.3) is 0 Å². The summed E-state index contributed by atoms with van der Waals surface area (Å²) in [6.45, 7) is 0. The van der Waals surface area contributed by atoms with Crippen LogP contribution in [0.3, 0.4) is 0 Å². The van der Waals surface area contributed by atoms with Crippen LogP contribution >= 0.6 is 0 Å². The van der Waals surface area contributed by atoms with Crippen LogP contribution in [0.5, 0.6) is 0 Å². The number of carbonyl (C=O) groups is 1. The number of hydrogen-bond donors (Lipinski definition) is 0. The summed E-state index contributed by atoms with van der Waals surface area (Å²) in [6, 6.07) is 4.91. The van der Waals surface area contributed by atoms with Gasteiger partial charge in [-0.05, 0) is 25.0 Å². The van der Waals surface area contributed by atoms with Gasteiger partial charge < -0.3 is 9.32 Å². The first-order valence-corrected chi connectivity index (χ1v) is 4.93. The number of rotatable bonds is 3. The van der Waals surface area contributed by atoms with E-state index >= 15 is 0 Å². The van der Waals surface area contributed by atoms with Crippen molar-refractivity contribution in [3.63, 3.8) is 0 Å². The summed E-state index contributed by atoms with van der Waals surface area (Å²) in [7, 11) is 1.65. The van der Waals surface area contributed by atoms with E-state index in [2.05, 4.69) is 6.07 Å². The Bertz CT molecular complexity index is 387. The van der Waals surface area contributed by atoms with E-state index in [9.17, 15) is 4.79 Å². The summed E-state index contributed by atoms with van der Waals surface area (Å²) in [5, 5.41) is 9.02. The fourth-order valence-electron chi connectivity index (χ4n) is 1.53. The third-order valence-electron chi connectivity index (χ3n) is 2.60. The zero-order valence-corrected chi connectivity index (χ0v) is 8.51. The van der Waals surface area contributed by atoms with Gasteiger partial charge in [-0.25, -0.2) is 0 Å². The maximum atomic E-state index is 11.7. The molecule has 1 unspecified atom stereocenters. The van der Waals surface area contributed by atoms with E-state index in [0.717, 1.165) is 12.8 Å². The Kier molecular flexibility index (Phi) is 2.46. The van der Waals surface area contributed by atoms with E-state index in [1.165, 1.54) is 11.2 Å². The molecule has 2 rings (SSSR count). The molecule has 0 aromatic carbocycles. The van der Waals surface area contributed by atoms with Crippen LogP contribution in [0, 0.1) is 17.2 Å². The third-order valence-corrected chi connectivity index (χ3v) is 2.60. The molecule has 78 valence electrons. The molecule has 4 nitrogen and oxygen atoms in total. The first-order chi connectivity index (χ1) is 7.24. The standard InChI is InChI=1S/C11H12N2O2/c1-13(11(14)8-4-5-8)9(7-12)10-3-2-6-15-10/h2-3,6,8-9H,4-5H2,1H3. The second-order valence-electron chi connectivity index (χ2n) is 3.77. The second kappa shape index (κ2) is 3.77. The van der Waals surface area contributed by atoms with Crippen molar-refractivity contribution in [2.45, 2.75) is 18.9 Å². The molecule has 4 heteroatoms. The van der Waals surface area contributed by atoms with Gasteiger partial charge >= 0.3 is 0 Å². The van der Waals surface area contributed by atoms with Crippen LogP contribution in [0.4, 0.5) is 0 Å². The van der Waals surface area contributed by atoms with Crippen LogP contribution in [0.2, 0.25) is 0 Å². The van der Waals surface area contributed by atoms with Gasteiger partial charge in [0.1, 0.15) is 5.76 Å². The molecule has 1 atom stereocenters. The maximum Gasteiger partial charge on any atom is 0.226 e. The molecule has 0 N–H and O–H groups in total. The minimum Gasteiger partial charge on any atom is -0.466 e. The zero-order chi connectivity index (χ0) is 10.8. The van der Waals surface area contributed by atoms with E-state index in [1.807, 2.05) is 0 Å². The monoisotopic (exact) mass is 204 g/mol. The molecule has 1 aromatic heterocycles. The highest BCUT2D eigenvalue weighted by molar-refractivity contribution is 5.81. The van der Waals surface area contributed by atoms with E-state index in [0.29, 0.717) is 5.76 Å². The minimum atomic E-state index is -0.604. The van der Waals surface area contributed by atoms with E-state index in [1.54, 1.807) is 19.2 Å². The molecule has 15 heavy (non-hydrogen) atoms. The highest BCUT2D eigenvalue weighted by Crippen LogP contribution is 2.33. The van der Waals surface area contributed by atoms with Crippen molar-refractivity contribution in [2.24, 2.45) is 5.92 Å². The van der Waals surface area contributed by atoms with Crippen molar-refractivity contribution < 1.29 is 9.21 Å². The molecule has 1 fully saturated rings. The summed E-state index contributed by atoms with van der Waals surface area (Å²) in [6.07, 6.45) is 3.40. The minimum absolute atomic E-state index is 0.0398. The fourth-order valence-corrected chi connectivity index (χ4v) is 1.53. The van der Waals surface area contributed by atoms with Crippen LogP contribution in [-0.4, -0.2) is 17.9 Å². The van der Waals surface area contributed by atoms with Gasteiger partial charge in [-0.3, -0.25) is 4.79 Å². The molecule has 1 aliphatic carbocycles. The van der Waals surface area contributed by atoms with Crippen molar-refractivity contribution in [1.29, 1.82) is 5.26 Å². The third kappa shape index (κ3) is 1.86. The number of furan rings is 1. The lowest BCUT2D eigenvalue weighted by Gasteiger charge is -2.20. The lowest BCUT2D eigenvalue weighted by Crippen LogP contribution is -2.31. The largest absolute Gasteiger partial charge is 0.466 e. The lowest BCUT2D eigenvalue weighted by molar-refractivity contribution is -0.132. The number of hydrogen-bond acceptors (Lipinski definition) is 3. The molecule has 0 radical (unpaired) electrons. The first-order valence-electron chi connectivity index (χ1n) is 4.93. The van der Waals surface area contributed by atoms with Crippen molar-refractivity contribution in [2.75, 3.05) is 7.05 Å². The van der Waals surface area contributed by atoms with Gasteiger partial charge in [-0.1, -0.05) is 0 Å². The Morgan fingerprint density at radius 2 is 2.47 bits per heavy atom. The SMILES string of the molecule is CN(C(=O)C1CC1)C(C#N)c1ccco1. The topological polar surface area (TPSA) is 57.2 Å². The van der Waals surface area contributed by atoms with Crippen LogP contribution in [0.1, 0.15) is 24.6 Å².